The molecule has 0 bridgehead atoms. The highest BCUT2D eigenvalue weighted by Gasteiger charge is 2.16. The number of furan rings is 1. The number of amides is 2. The molecule has 3 aromatic carbocycles. The topological polar surface area (TPSA) is 104 Å². The van der Waals surface area contributed by atoms with Crippen LogP contribution in [0, 0.1) is 0 Å². The summed E-state index contributed by atoms with van der Waals surface area (Å²) in [5.41, 5.74) is 7.21. The fourth-order valence-electron chi connectivity index (χ4n) is 3.17. The van der Waals surface area contributed by atoms with Crippen molar-refractivity contribution in [3.63, 3.8) is 0 Å². The minimum atomic E-state index is -0.704. The first-order valence-electron chi connectivity index (χ1n) is 8.97. The van der Waals surface area contributed by atoms with Gasteiger partial charge in [0.15, 0.2) is 6.61 Å². The lowest BCUT2D eigenvalue weighted by atomic mass is 10.1. The van der Waals surface area contributed by atoms with Crippen LogP contribution in [0.15, 0.2) is 59.0 Å². The van der Waals surface area contributed by atoms with Gasteiger partial charge in [-0.25, -0.2) is 0 Å². The van der Waals surface area contributed by atoms with E-state index in [1.165, 1.54) is 19.2 Å². The molecule has 1 heterocycles. The third-order valence-corrected chi connectivity index (χ3v) is 4.77. The molecular weight excluding hydrogens is 408 g/mol. The van der Waals surface area contributed by atoms with Gasteiger partial charge in [0.2, 0.25) is 0 Å². The summed E-state index contributed by atoms with van der Waals surface area (Å²) in [6.07, 6.45) is 0. The molecule has 4 aromatic rings. The average molecular weight is 425 g/mol. The molecule has 30 heavy (non-hydrogen) atoms. The van der Waals surface area contributed by atoms with Crippen LogP contribution in [0.3, 0.4) is 0 Å². The van der Waals surface area contributed by atoms with E-state index in [0.29, 0.717) is 22.0 Å². The van der Waals surface area contributed by atoms with Gasteiger partial charge in [-0.2, -0.15) is 0 Å². The van der Waals surface area contributed by atoms with Gasteiger partial charge in [-0.05, 0) is 30.3 Å². The smallest absolute Gasteiger partial charge is 0.262 e. The minimum absolute atomic E-state index is 0.0941. The maximum Gasteiger partial charge on any atom is 0.262 e. The van der Waals surface area contributed by atoms with Crippen LogP contribution in [0.1, 0.15) is 10.4 Å². The number of anilines is 1. The third-order valence-electron chi connectivity index (χ3n) is 4.54. The Morgan fingerprint density at radius 3 is 2.60 bits per heavy atom. The van der Waals surface area contributed by atoms with Crippen LogP contribution in [0.2, 0.25) is 5.02 Å². The maximum atomic E-state index is 12.4. The number of para-hydroxylation sites is 1. The summed E-state index contributed by atoms with van der Waals surface area (Å²) in [4.78, 5) is 24.0. The summed E-state index contributed by atoms with van der Waals surface area (Å²) < 4.78 is 16.7. The first kappa shape index (κ1) is 19.6. The number of ether oxygens (including phenoxy) is 2. The van der Waals surface area contributed by atoms with E-state index in [4.69, 9.17) is 31.2 Å². The highest BCUT2D eigenvalue weighted by atomic mass is 35.5. The second-order valence-corrected chi connectivity index (χ2v) is 6.92. The van der Waals surface area contributed by atoms with Crippen molar-refractivity contribution in [2.75, 3.05) is 19.0 Å². The van der Waals surface area contributed by atoms with E-state index < -0.39 is 11.8 Å². The number of halogens is 1. The van der Waals surface area contributed by atoms with E-state index >= 15 is 0 Å². The third kappa shape index (κ3) is 3.75. The highest BCUT2D eigenvalue weighted by Crippen LogP contribution is 2.36. The summed E-state index contributed by atoms with van der Waals surface area (Å²) in [6, 6.07) is 15.6. The fraction of sp³-hybridized carbons (Fsp3) is 0.0909. The zero-order chi connectivity index (χ0) is 21.3. The predicted octanol–water partition coefficient (Wildman–Crippen LogP) is 4.36. The number of carbonyl (C=O) groups is 2. The van der Waals surface area contributed by atoms with E-state index in [-0.39, 0.29) is 17.9 Å². The molecule has 0 aliphatic heterocycles. The molecular formula is C22H17ClN2O5. The predicted molar refractivity (Wildman–Crippen MR) is 114 cm³/mol. The Morgan fingerprint density at radius 1 is 1.03 bits per heavy atom. The van der Waals surface area contributed by atoms with Crippen molar-refractivity contribution in [2.45, 2.75) is 0 Å². The van der Waals surface area contributed by atoms with Gasteiger partial charge < -0.3 is 24.9 Å². The zero-order valence-corrected chi connectivity index (χ0v) is 16.7. The number of hydrogen-bond donors (Lipinski definition) is 2. The number of nitrogens with one attached hydrogen (secondary N) is 1. The maximum absolute atomic E-state index is 12.4. The molecule has 0 unspecified atom stereocenters. The molecule has 0 atom stereocenters. The molecule has 4 rings (SSSR count). The SMILES string of the molecule is COc1cc2c(cc1NC(=O)COc1ccc(Cl)cc1C(N)=O)oc1ccccc12. The summed E-state index contributed by atoms with van der Waals surface area (Å²) in [5, 5.41) is 4.91. The normalized spacial score (nSPS) is 10.9. The Hall–Kier alpha value is -3.71. The highest BCUT2D eigenvalue weighted by molar-refractivity contribution is 6.31. The number of methoxy groups -OCH3 is 1. The largest absolute Gasteiger partial charge is 0.495 e. The Labute approximate surface area is 176 Å². The number of benzene rings is 3. The van der Waals surface area contributed by atoms with Crippen molar-refractivity contribution < 1.29 is 23.5 Å². The van der Waals surface area contributed by atoms with Crippen molar-refractivity contribution in [3.05, 3.63) is 65.2 Å². The van der Waals surface area contributed by atoms with Crippen molar-refractivity contribution in [1.82, 2.24) is 0 Å². The molecule has 0 fully saturated rings. The van der Waals surface area contributed by atoms with Gasteiger partial charge in [0.25, 0.3) is 11.8 Å². The monoisotopic (exact) mass is 424 g/mol. The number of nitrogens with two attached hydrogens (primary N) is 1. The van der Waals surface area contributed by atoms with Crippen molar-refractivity contribution in [2.24, 2.45) is 5.73 Å². The van der Waals surface area contributed by atoms with Gasteiger partial charge in [-0.15, -0.1) is 0 Å². The summed E-state index contributed by atoms with van der Waals surface area (Å²) in [6.45, 7) is -0.344. The van der Waals surface area contributed by atoms with Gasteiger partial charge in [0.1, 0.15) is 22.7 Å². The number of primary amides is 1. The fourth-order valence-corrected chi connectivity index (χ4v) is 3.34. The van der Waals surface area contributed by atoms with E-state index in [2.05, 4.69) is 5.32 Å². The van der Waals surface area contributed by atoms with Crippen LogP contribution in [-0.2, 0) is 4.79 Å². The molecule has 8 heteroatoms. The second-order valence-electron chi connectivity index (χ2n) is 6.49. The van der Waals surface area contributed by atoms with Gasteiger partial charge >= 0.3 is 0 Å². The molecule has 0 aliphatic carbocycles. The molecule has 3 N–H and O–H groups in total. The van der Waals surface area contributed by atoms with Crippen LogP contribution >= 0.6 is 11.6 Å². The van der Waals surface area contributed by atoms with Gasteiger partial charge in [-0.1, -0.05) is 29.8 Å². The minimum Gasteiger partial charge on any atom is -0.495 e. The number of fused-ring (bicyclic) bond motifs is 3. The Balaban J connectivity index is 1.56. The van der Waals surface area contributed by atoms with E-state index in [0.717, 1.165) is 16.4 Å². The zero-order valence-electron chi connectivity index (χ0n) is 15.9. The first-order chi connectivity index (χ1) is 14.5. The quantitative estimate of drug-likeness (QED) is 0.478. The molecule has 0 spiro atoms. The Kier molecular flexibility index (Phi) is 5.20. The molecule has 0 saturated carbocycles. The van der Waals surface area contributed by atoms with Gasteiger partial charge in [-0.3, -0.25) is 9.59 Å². The molecule has 0 radical (unpaired) electrons. The lowest BCUT2D eigenvalue weighted by molar-refractivity contribution is -0.118. The van der Waals surface area contributed by atoms with E-state index in [1.54, 1.807) is 12.1 Å². The van der Waals surface area contributed by atoms with Crippen LogP contribution in [-0.4, -0.2) is 25.5 Å². The molecule has 152 valence electrons. The van der Waals surface area contributed by atoms with Crippen LogP contribution < -0.4 is 20.5 Å². The lowest BCUT2D eigenvalue weighted by Gasteiger charge is -2.12. The number of rotatable bonds is 6. The van der Waals surface area contributed by atoms with Crippen molar-refractivity contribution in [3.8, 4) is 11.5 Å². The average Bonchev–Trinajstić information content (AvgIpc) is 3.09. The number of carbonyl (C=O) groups excluding carboxylic acids is 2. The van der Waals surface area contributed by atoms with Crippen molar-refractivity contribution in [1.29, 1.82) is 0 Å². The van der Waals surface area contributed by atoms with Crippen LogP contribution in [0.4, 0.5) is 5.69 Å². The molecule has 0 saturated heterocycles. The number of hydrogen-bond acceptors (Lipinski definition) is 5. The summed E-state index contributed by atoms with van der Waals surface area (Å²) in [7, 11) is 1.52. The summed E-state index contributed by atoms with van der Waals surface area (Å²) >= 11 is 5.88. The lowest BCUT2D eigenvalue weighted by Crippen LogP contribution is -2.22. The van der Waals surface area contributed by atoms with Gasteiger partial charge in [0, 0.05) is 21.9 Å². The molecule has 2 amide bonds. The van der Waals surface area contributed by atoms with Crippen LogP contribution in [0.5, 0.6) is 11.5 Å². The molecule has 1 aromatic heterocycles. The molecule has 0 aliphatic rings. The van der Waals surface area contributed by atoms with Gasteiger partial charge in [0.05, 0.1) is 18.4 Å². The van der Waals surface area contributed by atoms with Crippen molar-refractivity contribution >= 4 is 51.0 Å². The Morgan fingerprint density at radius 2 is 1.83 bits per heavy atom. The first-order valence-corrected chi connectivity index (χ1v) is 9.35. The molecule has 7 nitrogen and oxygen atoms in total. The van der Waals surface area contributed by atoms with E-state index in [1.807, 2.05) is 30.3 Å². The van der Waals surface area contributed by atoms with Crippen LogP contribution in [0.25, 0.3) is 21.9 Å². The standard InChI is InChI=1S/C22H17ClN2O5/c1-28-20-9-14-13-4-2-3-5-18(13)30-19(14)10-16(20)25-21(26)11-29-17-7-6-12(23)8-15(17)22(24)27/h2-10H,11H2,1H3,(H2,24,27)(H,25,26). The van der Waals surface area contributed by atoms with E-state index in [9.17, 15) is 9.59 Å². The second kappa shape index (κ2) is 7.96. The Bertz CT molecular complexity index is 1280. The summed E-state index contributed by atoms with van der Waals surface area (Å²) in [5.74, 6) is -0.507.